The van der Waals surface area contributed by atoms with Gasteiger partial charge in [0, 0.05) is 19.3 Å². The number of hydrogen-bond donors (Lipinski definition) is 1. The van der Waals surface area contributed by atoms with Gasteiger partial charge in [0.05, 0.1) is 6.42 Å². The lowest BCUT2D eigenvalue weighted by atomic mass is 10.1. The van der Waals surface area contributed by atoms with Crippen LogP contribution in [0.4, 0.5) is 10.1 Å². The number of halogens is 1. The minimum atomic E-state index is -0.679. The molecule has 26 heavy (non-hydrogen) atoms. The number of anilines is 1. The predicted octanol–water partition coefficient (Wildman–Crippen LogP) is 2.78. The van der Waals surface area contributed by atoms with E-state index in [0.29, 0.717) is 17.3 Å². The Bertz CT molecular complexity index is 826. The number of likely N-dealkylation sites (N-methyl/N-ethyl adjacent to an activating group) is 1. The van der Waals surface area contributed by atoms with E-state index in [9.17, 15) is 14.0 Å². The number of benzene rings is 2. The zero-order valence-corrected chi connectivity index (χ0v) is 15.0. The summed E-state index contributed by atoms with van der Waals surface area (Å²) in [7, 11) is 1.59. The molecule has 0 aliphatic carbocycles. The van der Waals surface area contributed by atoms with E-state index >= 15 is 0 Å². The largest absolute Gasteiger partial charge is 0.332 e. The van der Waals surface area contributed by atoms with Crippen LogP contribution in [-0.2, 0) is 16.1 Å². The minimum absolute atomic E-state index is 0.0145. The Morgan fingerprint density at radius 2 is 1.81 bits per heavy atom. The highest BCUT2D eigenvalue weighted by molar-refractivity contribution is 7.80. The molecule has 2 amide bonds. The van der Waals surface area contributed by atoms with Crippen LogP contribution in [0.25, 0.3) is 0 Å². The fraction of sp³-hybridized carbons (Fsp3) is 0.211. The van der Waals surface area contributed by atoms with Crippen molar-refractivity contribution in [2.45, 2.75) is 19.0 Å². The molecule has 7 heteroatoms. The molecule has 1 aliphatic rings. The average Bonchev–Trinajstić information content (AvgIpc) is 2.82. The standard InChI is InChI=1S/C19H18FN3O2S/c1-22-18(25)16(11-17(24)21-15-5-3-2-4-6-15)23(19(22)26)12-13-7-9-14(20)10-8-13/h2-10,16H,11-12H2,1H3,(H,21,24). The number of para-hydroxylation sites is 1. The number of hydrogen-bond acceptors (Lipinski definition) is 3. The number of carbonyl (C=O) groups is 2. The van der Waals surface area contributed by atoms with Crippen LogP contribution in [0.1, 0.15) is 12.0 Å². The number of carbonyl (C=O) groups excluding carboxylic acids is 2. The van der Waals surface area contributed by atoms with Gasteiger partial charge in [0.25, 0.3) is 5.91 Å². The van der Waals surface area contributed by atoms with Crippen LogP contribution in [0, 0.1) is 5.82 Å². The van der Waals surface area contributed by atoms with Crippen LogP contribution < -0.4 is 5.32 Å². The van der Waals surface area contributed by atoms with Gasteiger partial charge in [-0.1, -0.05) is 30.3 Å². The van der Waals surface area contributed by atoms with E-state index in [2.05, 4.69) is 5.32 Å². The molecule has 1 aliphatic heterocycles. The summed E-state index contributed by atoms with van der Waals surface area (Å²) in [5.41, 5.74) is 1.48. The third kappa shape index (κ3) is 3.88. The highest BCUT2D eigenvalue weighted by Crippen LogP contribution is 2.23. The van der Waals surface area contributed by atoms with Crippen molar-refractivity contribution in [3.8, 4) is 0 Å². The van der Waals surface area contributed by atoms with Gasteiger partial charge in [-0.25, -0.2) is 4.39 Å². The van der Waals surface area contributed by atoms with Crippen molar-refractivity contribution >= 4 is 34.8 Å². The number of amides is 2. The summed E-state index contributed by atoms with van der Waals surface area (Å²) in [6.45, 7) is 0.332. The van der Waals surface area contributed by atoms with Gasteiger partial charge >= 0.3 is 0 Å². The van der Waals surface area contributed by atoms with Crippen molar-refractivity contribution in [3.05, 3.63) is 66.0 Å². The first kappa shape index (κ1) is 18.0. The first-order valence-electron chi connectivity index (χ1n) is 8.13. The number of thiocarbonyl (C=S) groups is 1. The maximum absolute atomic E-state index is 13.1. The van der Waals surface area contributed by atoms with Gasteiger partial charge in [-0.2, -0.15) is 0 Å². The van der Waals surface area contributed by atoms with Gasteiger partial charge in [-0.3, -0.25) is 14.5 Å². The molecule has 0 saturated carbocycles. The summed E-state index contributed by atoms with van der Waals surface area (Å²) in [5, 5.41) is 3.14. The van der Waals surface area contributed by atoms with Crippen LogP contribution in [0.2, 0.25) is 0 Å². The summed E-state index contributed by atoms with van der Waals surface area (Å²) in [6, 6.07) is 14.4. The molecular weight excluding hydrogens is 353 g/mol. The molecule has 1 N–H and O–H groups in total. The molecule has 0 bridgehead atoms. The second-order valence-corrected chi connectivity index (χ2v) is 6.43. The summed E-state index contributed by atoms with van der Waals surface area (Å²) < 4.78 is 13.1. The molecule has 5 nitrogen and oxygen atoms in total. The smallest absolute Gasteiger partial charge is 0.251 e. The summed E-state index contributed by atoms with van der Waals surface area (Å²) in [6.07, 6.45) is -0.0145. The van der Waals surface area contributed by atoms with E-state index in [-0.39, 0.29) is 24.1 Å². The Morgan fingerprint density at radius 3 is 2.46 bits per heavy atom. The first-order valence-corrected chi connectivity index (χ1v) is 8.54. The second kappa shape index (κ2) is 7.61. The molecule has 0 radical (unpaired) electrons. The molecule has 1 unspecified atom stereocenters. The van der Waals surface area contributed by atoms with Crippen LogP contribution in [0.3, 0.4) is 0 Å². The fourth-order valence-electron chi connectivity index (χ4n) is 2.85. The van der Waals surface area contributed by atoms with Crippen molar-refractivity contribution < 1.29 is 14.0 Å². The molecule has 0 spiro atoms. The normalized spacial score (nSPS) is 16.9. The molecule has 134 valence electrons. The molecule has 3 rings (SSSR count). The van der Waals surface area contributed by atoms with Crippen LogP contribution in [0.15, 0.2) is 54.6 Å². The Balaban J connectivity index is 1.73. The van der Waals surface area contributed by atoms with Gasteiger partial charge in [-0.15, -0.1) is 0 Å². The number of rotatable bonds is 5. The topological polar surface area (TPSA) is 52.7 Å². The second-order valence-electron chi connectivity index (χ2n) is 6.07. The van der Waals surface area contributed by atoms with E-state index in [1.165, 1.54) is 17.0 Å². The van der Waals surface area contributed by atoms with Crippen molar-refractivity contribution in [1.82, 2.24) is 9.80 Å². The first-order chi connectivity index (χ1) is 12.5. The van der Waals surface area contributed by atoms with Gasteiger partial charge in [0.2, 0.25) is 5.91 Å². The lowest BCUT2D eigenvalue weighted by molar-refractivity contribution is -0.130. The Hall–Kier alpha value is -2.80. The zero-order valence-electron chi connectivity index (χ0n) is 14.2. The summed E-state index contributed by atoms with van der Waals surface area (Å²) in [5.74, 6) is -0.818. The van der Waals surface area contributed by atoms with Gasteiger partial charge in [0.1, 0.15) is 11.9 Å². The van der Waals surface area contributed by atoms with Gasteiger partial charge in [-0.05, 0) is 42.0 Å². The Kier molecular flexibility index (Phi) is 5.27. The van der Waals surface area contributed by atoms with E-state index < -0.39 is 6.04 Å². The molecule has 1 fully saturated rings. The highest BCUT2D eigenvalue weighted by Gasteiger charge is 2.41. The SMILES string of the molecule is CN1C(=O)C(CC(=O)Nc2ccccc2)N(Cc2ccc(F)cc2)C1=S. The van der Waals surface area contributed by atoms with Crippen LogP contribution in [-0.4, -0.2) is 39.8 Å². The van der Waals surface area contributed by atoms with E-state index in [0.717, 1.165) is 5.56 Å². The third-order valence-electron chi connectivity index (χ3n) is 4.23. The van der Waals surface area contributed by atoms with Gasteiger partial charge in [0.15, 0.2) is 5.11 Å². The van der Waals surface area contributed by atoms with E-state index in [4.69, 9.17) is 12.2 Å². The molecule has 2 aromatic carbocycles. The lowest BCUT2D eigenvalue weighted by Gasteiger charge is -2.23. The molecule has 2 aromatic rings. The average molecular weight is 371 g/mol. The van der Waals surface area contributed by atoms with Gasteiger partial charge < -0.3 is 10.2 Å². The number of nitrogens with zero attached hydrogens (tertiary/aromatic N) is 2. The molecule has 0 aromatic heterocycles. The molecular formula is C19H18FN3O2S. The third-order valence-corrected chi connectivity index (χ3v) is 4.74. The van der Waals surface area contributed by atoms with Crippen molar-refractivity contribution in [2.75, 3.05) is 12.4 Å². The number of nitrogens with one attached hydrogen (secondary N) is 1. The Morgan fingerprint density at radius 1 is 1.15 bits per heavy atom. The van der Waals surface area contributed by atoms with Crippen molar-refractivity contribution in [2.24, 2.45) is 0 Å². The summed E-state index contributed by atoms with van der Waals surface area (Å²) in [4.78, 5) is 28.0. The van der Waals surface area contributed by atoms with E-state index in [1.807, 2.05) is 18.2 Å². The minimum Gasteiger partial charge on any atom is -0.332 e. The lowest BCUT2D eigenvalue weighted by Crippen LogP contribution is -2.37. The highest BCUT2D eigenvalue weighted by atomic mass is 32.1. The fourth-order valence-corrected chi connectivity index (χ4v) is 3.13. The van der Waals surface area contributed by atoms with Crippen LogP contribution >= 0.6 is 12.2 Å². The van der Waals surface area contributed by atoms with Crippen molar-refractivity contribution in [1.29, 1.82) is 0 Å². The van der Waals surface area contributed by atoms with Crippen LogP contribution in [0.5, 0.6) is 0 Å². The zero-order chi connectivity index (χ0) is 18.7. The molecule has 1 atom stereocenters. The Labute approximate surface area is 156 Å². The van der Waals surface area contributed by atoms with E-state index in [1.54, 1.807) is 36.2 Å². The quantitative estimate of drug-likeness (QED) is 0.822. The van der Waals surface area contributed by atoms with Crippen molar-refractivity contribution in [3.63, 3.8) is 0 Å². The maximum atomic E-state index is 13.1. The summed E-state index contributed by atoms with van der Waals surface area (Å²) >= 11 is 5.35. The maximum Gasteiger partial charge on any atom is 0.251 e. The predicted molar refractivity (Wildman–Crippen MR) is 101 cm³/mol. The molecule has 1 saturated heterocycles. The monoisotopic (exact) mass is 371 g/mol. The molecule has 1 heterocycles.